The fraction of sp³-hybridized carbons (Fsp3) is 0.235. The molecule has 2 aromatic heterocycles. The number of carbonyl (C=O) groups excluding carboxylic acids is 1. The summed E-state index contributed by atoms with van der Waals surface area (Å²) in [5.74, 6) is 1.56. The standard InChI is InChI=1S/C17H17N5O2/c1-24-13-4-2-3-12(9-13)15-10-21-8-7-18-16(21)11-22(15)17(23)14-5-6-19-20-14/h2-9,15H,10-11H2,1H3,(H,19,20)/t15-/m0/s1. The number of H-pyrrole nitrogens is 1. The topological polar surface area (TPSA) is 76.0 Å². The van der Waals surface area contributed by atoms with Gasteiger partial charge in [0.05, 0.1) is 19.7 Å². The van der Waals surface area contributed by atoms with Crippen molar-refractivity contribution in [1.29, 1.82) is 0 Å². The van der Waals surface area contributed by atoms with Gasteiger partial charge in [0.2, 0.25) is 0 Å². The summed E-state index contributed by atoms with van der Waals surface area (Å²) < 4.78 is 7.41. The molecule has 1 N–H and O–H groups in total. The Labute approximate surface area is 138 Å². The first-order valence-electron chi connectivity index (χ1n) is 7.70. The van der Waals surface area contributed by atoms with Crippen LogP contribution in [0, 0.1) is 0 Å². The Balaban J connectivity index is 1.74. The summed E-state index contributed by atoms with van der Waals surface area (Å²) in [6, 6.07) is 9.42. The van der Waals surface area contributed by atoms with E-state index in [0.717, 1.165) is 17.1 Å². The van der Waals surface area contributed by atoms with Gasteiger partial charge in [-0.05, 0) is 23.8 Å². The molecule has 3 heterocycles. The van der Waals surface area contributed by atoms with Crippen LogP contribution in [0.25, 0.3) is 0 Å². The normalized spacial score (nSPS) is 16.7. The Morgan fingerprint density at radius 1 is 1.33 bits per heavy atom. The maximum Gasteiger partial charge on any atom is 0.272 e. The van der Waals surface area contributed by atoms with Gasteiger partial charge in [-0.15, -0.1) is 0 Å². The second kappa shape index (κ2) is 5.84. The predicted molar refractivity (Wildman–Crippen MR) is 86.4 cm³/mol. The zero-order valence-electron chi connectivity index (χ0n) is 13.2. The molecule has 0 spiro atoms. The monoisotopic (exact) mass is 323 g/mol. The van der Waals surface area contributed by atoms with Crippen LogP contribution in [0.4, 0.5) is 0 Å². The third-order valence-corrected chi connectivity index (χ3v) is 4.33. The van der Waals surface area contributed by atoms with E-state index in [0.29, 0.717) is 18.8 Å². The number of carbonyl (C=O) groups is 1. The summed E-state index contributed by atoms with van der Waals surface area (Å²) >= 11 is 0. The van der Waals surface area contributed by atoms with Gasteiger partial charge in [0.25, 0.3) is 5.91 Å². The molecule has 122 valence electrons. The Morgan fingerprint density at radius 3 is 3.04 bits per heavy atom. The van der Waals surface area contributed by atoms with Gasteiger partial charge in [-0.1, -0.05) is 12.1 Å². The van der Waals surface area contributed by atoms with Gasteiger partial charge in [-0.2, -0.15) is 5.10 Å². The maximum absolute atomic E-state index is 12.9. The van der Waals surface area contributed by atoms with Crippen molar-refractivity contribution >= 4 is 5.91 Å². The number of nitrogens with one attached hydrogen (secondary N) is 1. The molecule has 0 aliphatic carbocycles. The molecule has 0 saturated carbocycles. The summed E-state index contributed by atoms with van der Waals surface area (Å²) in [6.07, 6.45) is 5.29. The molecule has 0 fully saturated rings. The van der Waals surface area contributed by atoms with Crippen LogP contribution < -0.4 is 4.74 Å². The Kier molecular flexibility index (Phi) is 3.53. The van der Waals surface area contributed by atoms with Crippen LogP contribution in [-0.2, 0) is 13.1 Å². The molecule has 3 aromatic rings. The molecule has 7 heteroatoms. The van der Waals surface area contributed by atoms with Crippen molar-refractivity contribution in [2.45, 2.75) is 19.1 Å². The number of methoxy groups -OCH3 is 1. The van der Waals surface area contributed by atoms with Crippen LogP contribution in [0.5, 0.6) is 5.75 Å². The molecule has 24 heavy (non-hydrogen) atoms. The molecule has 1 aromatic carbocycles. The van der Waals surface area contributed by atoms with Crippen molar-refractivity contribution < 1.29 is 9.53 Å². The first-order valence-corrected chi connectivity index (χ1v) is 7.70. The van der Waals surface area contributed by atoms with E-state index in [9.17, 15) is 4.79 Å². The largest absolute Gasteiger partial charge is 0.497 e. The van der Waals surface area contributed by atoms with Crippen molar-refractivity contribution in [2.75, 3.05) is 7.11 Å². The number of aromatic nitrogens is 4. The van der Waals surface area contributed by atoms with Crippen LogP contribution in [-0.4, -0.2) is 37.7 Å². The summed E-state index contributed by atoms with van der Waals surface area (Å²) in [7, 11) is 1.64. The minimum atomic E-state index is -0.0994. The van der Waals surface area contributed by atoms with E-state index < -0.39 is 0 Å². The molecule has 1 atom stereocenters. The first-order chi connectivity index (χ1) is 11.8. The van der Waals surface area contributed by atoms with Crippen LogP contribution >= 0.6 is 0 Å². The minimum Gasteiger partial charge on any atom is -0.497 e. The number of rotatable bonds is 3. The quantitative estimate of drug-likeness (QED) is 0.800. The molecule has 7 nitrogen and oxygen atoms in total. The van der Waals surface area contributed by atoms with E-state index in [2.05, 4.69) is 19.7 Å². The number of fused-ring (bicyclic) bond motifs is 1. The molecule has 1 amide bonds. The maximum atomic E-state index is 12.9. The highest BCUT2D eigenvalue weighted by atomic mass is 16.5. The van der Waals surface area contributed by atoms with E-state index in [1.54, 1.807) is 25.6 Å². The van der Waals surface area contributed by atoms with Gasteiger partial charge >= 0.3 is 0 Å². The number of hydrogen-bond donors (Lipinski definition) is 1. The first kappa shape index (κ1) is 14.5. The van der Waals surface area contributed by atoms with E-state index in [-0.39, 0.29) is 11.9 Å². The second-order valence-electron chi connectivity index (χ2n) is 5.69. The average molecular weight is 323 g/mol. The third-order valence-electron chi connectivity index (χ3n) is 4.33. The van der Waals surface area contributed by atoms with Gasteiger partial charge in [-0.25, -0.2) is 4.98 Å². The van der Waals surface area contributed by atoms with E-state index >= 15 is 0 Å². The number of benzene rings is 1. The number of imidazole rings is 1. The average Bonchev–Trinajstić information content (AvgIpc) is 3.31. The fourth-order valence-electron chi connectivity index (χ4n) is 3.08. The molecule has 0 unspecified atom stereocenters. The highest BCUT2D eigenvalue weighted by molar-refractivity contribution is 5.92. The van der Waals surface area contributed by atoms with Crippen molar-refractivity contribution in [2.24, 2.45) is 0 Å². The number of aromatic amines is 1. The zero-order chi connectivity index (χ0) is 16.5. The van der Waals surface area contributed by atoms with Crippen LogP contribution in [0.2, 0.25) is 0 Å². The van der Waals surface area contributed by atoms with Crippen LogP contribution in [0.3, 0.4) is 0 Å². The Bertz CT molecular complexity index is 856. The lowest BCUT2D eigenvalue weighted by Crippen LogP contribution is -2.41. The van der Waals surface area contributed by atoms with Gasteiger partial charge in [-0.3, -0.25) is 9.89 Å². The molecule has 0 radical (unpaired) electrons. The molecule has 1 aliphatic rings. The summed E-state index contributed by atoms with van der Waals surface area (Å²) in [4.78, 5) is 19.1. The molecule has 0 saturated heterocycles. The summed E-state index contributed by atoms with van der Waals surface area (Å²) in [5, 5.41) is 6.64. The van der Waals surface area contributed by atoms with Crippen molar-refractivity contribution in [3.05, 3.63) is 66.0 Å². The highest BCUT2D eigenvalue weighted by Gasteiger charge is 2.32. The second-order valence-corrected chi connectivity index (χ2v) is 5.69. The van der Waals surface area contributed by atoms with Gasteiger partial charge in [0, 0.05) is 25.1 Å². The van der Waals surface area contributed by atoms with Gasteiger partial charge < -0.3 is 14.2 Å². The lowest BCUT2D eigenvalue weighted by atomic mass is 10.0. The molecular formula is C17H17N5O2. The van der Waals surface area contributed by atoms with Crippen molar-refractivity contribution in [3.63, 3.8) is 0 Å². The Hall–Kier alpha value is -3.09. The number of amides is 1. The Morgan fingerprint density at radius 2 is 2.25 bits per heavy atom. The lowest BCUT2D eigenvalue weighted by molar-refractivity contribution is 0.0578. The lowest BCUT2D eigenvalue weighted by Gasteiger charge is -2.36. The summed E-state index contributed by atoms with van der Waals surface area (Å²) in [5.41, 5.74) is 1.50. The van der Waals surface area contributed by atoms with Gasteiger partial charge in [0.1, 0.15) is 17.3 Å². The summed E-state index contributed by atoms with van der Waals surface area (Å²) in [6.45, 7) is 1.11. The number of ether oxygens (including phenoxy) is 1. The van der Waals surface area contributed by atoms with Crippen molar-refractivity contribution in [3.8, 4) is 5.75 Å². The molecule has 1 aliphatic heterocycles. The van der Waals surface area contributed by atoms with E-state index in [4.69, 9.17) is 4.74 Å². The minimum absolute atomic E-state index is 0.0884. The van der Waals surface area contributed by atoms with Crippen LogP contribution in [0.15, 0.2) is 48.9 Å². The third kappa shape index (κ3) is 2.44. The van der Waals surface area contributed by atoms with Gasteiger partial charge in [0.15, 0.2) is 0 Å². The number of nitrogens with zero attached hydrogens (tertiary/aromatic N) is 4. The molecular weight excluding hydrogens is 306 g/mol. The number of hydrogen-bond acceptors (Lipinski definition) is 4. The highest BCUT2D eigenvalue weighted by Crippen LogP contribution is 2.31. The van der Waals surface area contributed by atoms with Crippen LogP contribution in [0.1, 0.15) is 27.9 Å². The van der Waals surface area contributed by atoms with Crippen molar-refractivity contribution in [1.82, 2.24) is 24.6 Å². The fourth-order valence-corrected chi connectivity index (χ4v) is 3.08. The predicted octanol–water partition coefficient (Wildman–Crippen LogP) is 2.01. The smallest absolute Gasteiger partial charge is 0.272 e. The van der Waals surface area contributed by atoms with E-state index in [1.807, 2.05) is 35.4 Å². The zero-order valence-corrected chi connectivity index (χ0v) is 13.2. The van der Waals surface area contributed by atoms with E-state index in [1.165, 1.54) is 0 Å². The molecule has 0 bridgehead atoms. The SMILES string of the molecule is COc1cccc([C@@H]2Cn3ccnc3CN2C(=O)c2ccn[nH]2)c1. The molecule has 4 rings (SSSR count).